The van der Waals surface area contributed by atoms with Crippen LogP contribution in [0.4, 0.5) is 5.69 Å². The molecule has 3 aromatic carbocycles. The zero-order chi connectivity index (χ0) is 17.8. The fraction of sp³-hybridized carbons (Fsp3) is 0.0952. The summed E-state index contributed by atoms with van der Waals surface area (Å²) >= 11 is 6.00. The average Bonchev–Trinajstić information content (AvgIpc) is 2.59. The van der Waals surface area contributed by atoms with Gasteiger partial charge in [0.2, 0.25) is 0 Å². The molecule has 0 bridgehead atoms. The predicted molar refractivity (Wildman–Crippen MR) is 102 cm³/mol. The van der Waals surface area contributed by atoms with Crippen molar-refractivity contribution in [2.45, 2.75) is 13.8 Å². The molecule has 0 radical (unpaired) electrons. The summed E-state index contributed by atoms with van der Waals surface area (Å²) in [6, 6.07) is 20.3. The number of ether oxygens (including phenoxy) is 1. The first kappa shape index (κ1) is 17.1. The second-order valence-electron chi connectivity index (χ2n) is 5.86. The van der Waals surface area contributed by atoms with Crippen LogP contribution in [0.5, 0.6) is 11.5 Å². The topological polar surface area (TPSA) is 38.3 Å². The van der Waals surface area contributed by atoms with E-state index in [2.05, 4.69) is 5.32 Å². The molecule has 0 saturated carbocycles. The third-order valence-corrected chi connectivity index (χ3v) is 4.18. The number of hydrogen-bond acceptors (Lipinski definition) is 2. The van der Waals surface area contributed by atoms with Crippen molar-refractivity contribution >= 4 is 23.2 Å². The Balaban J connectivity index is 1.68. The lowest BCUT2D eigenvalue weighted by Crippen LogP contribution is -2.11. The van der Waals surface area contributed by atoms with E-state index in [1.807, 2.05) is 44.2 Å². The van der Waals surface area contributed by atoms with Crippen LogP contribution in [0, 0.1) is 13.8 Å². The van der Waals surface area contributed by atoms with E-state index >= 15 is 0 Å². The van der Waals surface area contributed by atoms with Crippen molar-refractivity contribution in [3.05, 3.63) is 88.4 Å². The van der Waals surface area contributed by atoms with Crippen molar-refractivity contribution in [2.75, 3.05) is 5.32 Å². The molecule has 0 heterocycles. The van der Waals surface area contributed by atoms with E-state index in [1.54, 1.807) is 36.4 Å². The molecule has 126 valence electrons. The summed E-state index contributed by atoms with van der Waals surface area (Å²) in [5.41, 5.74) is 3.32. The lowest BCUT2D eigenvalue weighted by atomic mass is 10.2. The lowest BCUT2D eigenvalue weighted by molar-refractivity contribution is 0.102. The standard InChI is InChI=1S/C21H18ClNO2/c1-14-4-3-5-19(12-14)25-18-9-6-16(7-10-18)21(24)23-17-8-11-20(22)15(2)13-17/h3-13H,1-2H3,(H,23,24). The highest BCUT2D eigenvalue weighted by Crippen LogP contribution is 2.23. The zero-order valence-electron chi connectivity index (χ0n) is 14.0. The van der Waals surface area contributed by atoms with Crippen LogP contribution in [0.2, 0.25) is 5.02 Å². The Morgan fingerprint density at radius 1 is 0.920 bits per heavy atom. The second kappa shape index (κ2) is 7.41. The van der Waals surface area contributed by atoms with E-state index in [-0.39, 0.29) is 5.91 Å². The van der Waals surface area contributed by atoms with Crippen LogP contribution in [0.1, 0.15) is 21.5 Å². The lowest BCUT2D eigenvalue weighted by Gasteiger charge is -2.09. The molecule has 0 aromatic heterocycles. The van der Waals surface area contributed by atoms with Crippen LogP contribution < -0.4 is 10.1 Å². The van der Waals surface area contributed by atoms with Gasteiger partial charge in [0.1, 0.15) is 11.5 Å². The maximum absolute atomic E-state index is 12.3. The summed E-state index contributed by atoms with van der Waals surface area (Å²) in [6.45, 7) is 3.91. The molecular weight excluding hydrogens is 334 g/mol. The Morgan fingerprint density at radius 2 is 1.68 bits per heavy atom. The highest BCUT2D eigenvalue weighted by Gasteiger charge is 2.07. The maximum atomic E-state index is 12.3. The first-order valence-corrected chi connectivity index (χ1v) is 8.31. The number of benzene rings is 3. The molecule has 0 aliphatic rings. The van der Waals surface area contributed by atoms with E-state index in [4.69, 9.17) is 16.3 Å². The Kier molecular flexibility index (Phi) is 5.05. The van der Waals surface area contributed by atoms with Crippen molar-refractivity contribution in [2.24, 2.45) is 0 Å². The number of carbonyl (C=O) groups excluding carboxylic acids is 1. The first-order chi connectivity index (χ1) is 12.0. The number of amides is 1. The summed E-state index contributed by atoms with van der Waals surface area (Å²) in [6.07, 6.45) is 0. The van der Waals surface area contributed by atoms with Gasteiger partial charge in [-0.3, -0.25) is 4.79 Å². The summed E-state index contributed by atoms with van der Waals surface area (Å²) in [7, 11) is 0. The van der Waals surface area contributed by atoms with Crippen molar-refractivity contribution in [3.8, 4) is 11.5 Å². The molecule has 0 unspecified atom stereocenters. The number of halogens is 1. The van der Waals surface area contributed by atoms with Gasteiger partial charge in [-0.05, 0) is 79.6 Å². The molecule has 3 rings (SSSR count). The van der Waals surface area contributed by atoms with Crippen LogP contribution in [-0.2, 0) is 0 Å². The fourth-order valence-electron chi connectivity index (χ4n) is 2.41. The van der Waals surface area contributed by atoms with Crippen LogP contribution >= 0.6 is 11.6 Å². The van der Waals surface area contributed by atoms with Crippen molar-refractivity contribution in [3.63, 3.8) is 0 Å². The van der Waals surface area contributed by atoms with Crippen LogP contribution in [0.15, 0.2) is 66.7 Å². The summed E-state index contributed by atoms with van der Waals surface area (Å²) in [5.74, 6) is 1.28. The van der Waals surface area contributed by atoms with Crippen LogP contribution in [0.3, 0.4) is 0 Å². The van der Waals surface area contributed by atoms with E-state index in [9.17, 15) is 4.79 Å². The predicted octanol–water partition coefficient (Wildman–Crippen LogP) is 6.00. The third kappa shape index (κ3) is 4.40. The zero-order valence-corrected chi connectivity index (χ0v) is 14.8. The van der Waals surface area contributed by atoms with Crippen molar-refractivity contribution in [1.29, 1.82) is 0 Å². The molecular formula is C21H18ClNO2. The summed E-state index contributed by atoms with van der Waals surface area (Å²) < 4.78 is 5.79. The maximum Gasteiger partial charge on any atom is 0.255 e. The number of rotatable bonds is 4. The third-order valence-electron chi connectivity index (χ3n) is 3.76. The second-order valence-corrected chi connectivity index (χ2v) is 6.27. The Labute approximate surface area is 152 Å². The van der Waals surface area contributed by atoms with Gasteiger partial charge in [0.05, 0.1) is 0 Å². The largest absolute Gasteiger partial charge is 0.457 e. The highest BCUT2D eigenvalue weighted by molar-refractivity contribution is 6.31. The van der Waals surface area contributed by atoms with Gasteiger partial charge in [0.25, 0.3) is 5.91 Å². The SMILES string of the molecule is Cc1cccc(Oc2ccc(C(=O)Nc3ccc(Cl)c(C)c3)cc2)c1. The molecule has 1 amide bonds. The number of nitrogens with one attached hydrogen (secondary N) is 1. The molecule has 0 saturated heterocycles. The van der Waals surface area contributed by atoms with Gasteiger partial charge in [0.15, 0.2) is 0 Å². The molecule has 25 heavy (non-hydrogen) atoms. The molecule has 0 aliphatic carbocycles. The van der Waals surface area contributed by atoms with Gasteiger partial charge < -0.3 is 10.1 Å². The minimum Gasteiger partial charge on any atom is -0.457 e. The molecule has 0 atom stereocenters. The van der Waals surface area contributed by atoms with E-state index in [0.29, 0.717) is 22.0 Å². The molecule has 1 N–H and O–H groups in total. The average molecular weight is 352 g/mol. The smallest absolute Gasteiger partial charge is 0.255 e. The van der Waals surface area contributed by atoms with E-state index in [0.717, 1.165) is 16.9 Å². The van der Waals surface area contributed by atoms with Crippen LogP contribution in [-0.4, -0.2) is 5.91 Å². The normalized spacial score (nSPS) is 10.4. The molecule has 3 nitrogen and oxygen atoms in total. The highest BCUT2D eigenvalue weighted by atomic mass is 35.5. The fourth-order valence-corrected chi connectivity index (χ4v) is 2.53. The monoisotopic (exact) mass is 351 g/mol. The van der Waals surface area contributed by atoms with E-state index < -0.39 is 0 Å². The van der Waals surface area contributed by atoms with Crippen molar-refractivity contribution < 1.29 is 9.53 Å². The number of hydrogen-bond donors (Lipinski definition) is 1. The van der Waals surface area contributed by atoms with Gasteiger partial charge in [-0.15, -0.1) is 0 Å². The summed E-state index contributed by atoms with van der Waals surface area (Å²) in [4.78, 5) is 12.3. The Morgan fingerprint density at radius 3 is 2.36 bits per heavy atom. The number of aryl methyl sites for hydroxylation is 2. The van der Waals surface area contributed by atoms with Crippen molar-refractivity contribution in [1.82, 2.24) is 0 Å². The minimum atomic E-state index is -0.177. The van der Waals surface area contributed by atoms with Gasteiger partial charge >= 0.3 is 0 Å². The molecule has 3 aromatic rings. The first-order valence-electron chi connectivity index (χ1n) is 7.93. The van der Waals surface area contributed by atoms with Gasteiger partial charge in [-0.1, -0.05) is 23.7 Å². The molecule has 0 aliphatic heterocycles. The van der Waals surface area contributed by atoms with Gasteiger partial charge in [-0.2, -0.15) is 0 Å². The Bertz CT molecular complexity index is 904. The minimum absolute atomic E-state index is 0.177. The van der Waals surface area contributed by atoms with Gasteiger partial charge in [-0.25, -0.2) is 0 Å². The molecule has 0 fully saturated rings. The number of carbonyl (C=O) groups is 1. The molecule has 4 heteroatoms. The van der Waals surface area contributed by atoms with E-state index in [1.165, 1.54) is 0 Å². The summed E-state index contributed by atoms with van der Waals surface area (Å²) in [5, 5.41) is 3.54. The number of anilines is 1. The molecule has 0 spiro atoms. The quantitative estimate of drug-likeness (QED) is 0.625. The Hall–Kier alpha value is -2.78. The van der Waals surface area contributed by atoms with Crippen LogP contribution in [0.25, 0.3) is 0 Å². The van der Waals surface area contributed by atoms with Gasteiger partial charge in [0, 0.05) is 16.3 Å².